The lowest BCUT2D eigenvalue weighted by atomic mass is 10.2. The van der Waals surface area contributed by atoms with Crippen LogP contribution in [-0.2, 0) is 6.54 Å². The van der Waals surface area contributed by atoms with Crippen LogP contribution >= 0.6 is 0 Å². The Bertz CT molecular complexity index is 1570. The maximum absolute atomic E-state index is 12.3. The van der Waals surface area contributed by atoms with E-state index in [1.165, 1.54) is 0 Å². The monoisotopic (exact) mass is 494 g/mol. The minimum atomic E-state index is -0.294. The number of aryl methyl sites for hydroxylation is 1. The van der Waals surface area contributed by atoms with Crippen LogP contribution in [0.15, 0.2) is 83.8 Å². The Hall–Kier alpha value is -5.12. The van der Waals surface area contributed by atoms with Gasteiger partial charge in [0.25, 0.3) is 5.89 Å². The molecule has 1 aliphatic rings. The molecule has 3 aromatic carbocycles. The maximum Gasteiger partial charge on any atom is 0.323 e. The maximum atomic E-state index is 12.3. The first-order valence-electron chi connectivity index (χ1n) is 11.6. The van der Waals surface area contributed by atoms with Gasteiger partial charge < -0.3 is 29.2 Å². The summed E-state index contributed by atoms with van der Waals surface area (Å²) in [6.07, 6.45) is 3.56. The molecule has 37 heavy (non-hydrogen) atoms. The summed E-state index contributed by atoms with van der Waals surface area (Å²) in [7, 11) is 0. The van der Waals surface area contributed by atoms with Gasteiger partial charge in [-0.2, -0.15) is 4.98 Å². The molecule has 0 aliphatic carbocycles. The lowest BCUT2D eigenvalue weighted by molar-refractivity contribution is 0.174. The summed E-state index contributed by atoms with van der Waals surface area (Å²) < 4.78 is 18.1. The van der Waals surface area contributed by atoms with E-state index >= 15 is 0 Å². The van der Waals surface area contributed by atoms with Crippen LogP contribution in [0.1, 0.15) is 11.1 Å². The summed E-state index contributed by atoms with van der Waals surface area (Å²) in [6.45, 7) is 2.77. The second-order valence-corrected chi connectivity index (χ2v) is 8.57. The molecule has 0 saturated heterocycles. The van der Waals surface area contributed by atoms with Gasteiger partial charge in [0.2, 0.25) is 12.6 Å². The number of benzene rings is 3. The van der Waals surface area contributed by atoms with Crippen molar-refractivity contribution in [3.05, 3.63) is 90.4 Å². The number of nitrogens with one attached hydrogen (secondary N) is 2. The molecule has 6 rings (SSSR count). The molecule has 1 aliphatic heterocycles. The predicted octanol–water partition coefficient (Wildman–Crippen LogP) is 5.33. The van der Waals surface area contributed by atoms with E-state index in [-0.39, 0.29) is 12.8 Å². The third-order valence-electron chi connectivity index (χ3n) is 5.76. The van der Waals surface area contributed by atoms with E-state index in [1.54, 1.807) is 6.33 Å². The quantitative estimate of drug-likeness (QED) is 0.328. The molecule has 0 fully saturated rings. The summed E-state index contributed by atoms with van der Waals surface area (Å²) in [6, 6.07) is 20.5. The zero-order valence-electron chi connectivity index (χ0n) is 19.8. The van der Waals surface area contributed by atoms with Crippen molar-refractivity contribution >= 4 is 17.4 Å². The Labute approximate surface area is 211 Å². The average molecular weight is 495 g/mol. The van der Waals surface area contributed by atoms with Crippen LogP contribution in [0.4, 0.5) is 16.2 Å². The molecular formula is C27H22N6O4. The number of hydrogen-bond donors (Lipinski definition) is 2. The molecule has 10 nitrogen and oxygen atoms in total. The number of amides is 2. The van der Waals surface area contributed by atoms with Crippen LogP contribution in [0.25, 0.3) is 23.0 Å². The van der Waals surface area contributed by atoms with Gasteiger partial charge in [0.05, 0.1) is 6.33 Å². The first-order chi connectivity index (χ1) is 18.1. The molecule has 3 heterocycles. The number of fused-ring (bicyclic) bond motifs is 1. The summed E-state index contributed by atoms with van der Waals surface area (Å²) >= 11 is 0. The van der Waals surface area contributed by atoms with Crippen molar-refractivity contribution in [2.45, 2.75) is 13.5 Å². The molecule has 0 radical (unpaired) electrons. The standard InChI is InChI=1S/C27H22N6O4/c1-17-3-2-4-21(11-17)30-27(34)29-20-8-5-18(6-9-20)13-33-14-22(28-15-33)26-31-25(32-37-26)19-7-10-23-24(12-19)36-16-35-23/h2-12,14-15H,13,16H2,1H3,(H2,29,30,34). The van der Waals surface area contributed by atoms with Gasteiger partial charge in [-0.05, 0) is 60.5 Å². The first-order valence-corrected chi connectivity index (χ1v) is 11.6. The van der Waals surface area contributed by atoms with Gasteiger partial charge in [0.1, 0.15) is 5.69 Å². The van der Waals surface area contributed by atoms with Crippen molar-refractivity contribution in [1.29, 1.82) is 0 Å². The number of anilines is 2. The van der Waals surface area contributed by atoms with E-state index in [0.717, 1.165) is 22.4 Å². The third kappa shape index (κ3) is 4.98. The van der Waals surface area contributed by atoms with Gasteiger partial charge in [0, 0.05) is 29.7 Å². The first kappa shape index (κ1) is 22.4. The second kappa shape index (κ2) is 9.50. The van der Waals surface area contributed by atoms with Crippen LogP contribution in [-0.4, -0.2) is 32.5 Å². The topological polar surface area (TPSA) is 116 Å². The highest BCUT2D eigenvalue weighted by molar-refractivity contribution is 5.99. The molecule has 0 spiro atoms. The van der Waals surface area contributed by atoms with E-state index in [9.17, 15) is 4.79 Å². The largest absolute Gasteiger partial charge is 0.454 e. The minimum Gasteiger partial charge on any atom is -0.454 e. The van der Waals surface area contributed by atoms with Gasteiger partial charge in [-0.25, -0.2) is 9.78 Å². The molecule has 2 aromatic heterocycles. The van der Waals surface area contributed by atoms with Gasteiger partial charge in [-0.1, -0.05) is 29.4 Å². The molecule has 0 atom stereocenters. The fourth-order valence-electron chi connectivity index (χ4n) is 3.96. The van der Waals surface area contributed by atoms with Gasteiger partial charge in [0.15, 0.2) is 11.5 Å². The molecule has 184 valence electrons. The van der Waals surface area contributed by atoms with Crippen molar-refractivity contribution in [2.24, 2.45) is 0 Å². The Kier molecular flexibility index (Phi) is 5.74. The smallest absolute Gasteiger partial charge is 0.323 e. The average Bonchev–Trinajstić information content (AvgIpc) is 3.65. The van der Waals surface area contributed by atoms with Crippen molar-refractivity contribution < 1.29 is 18.8 Å². The fraction of sp³-hybridized carbons (Fsp3) is 0.111. The summed E-state index contributed by atoms with van der Waals surface area (Å²) in [5.74, 6) is 2.12. The normalized spacial score (nSPS) is 11.9. The SMILES string of the molecule is Cc1cccc(NC(=O)Nc2ccc(Cn3cnc(-c4nc(-c5ccc6c(c5)OCO6)no4)c3)cc2)c1. The number of carbonyl (C=O) groups is 1. The number of imidazole rings is 1. The Morgan fingerprint density at radius 3 is 2.68 bits per heavy atom. The van der Waals surface area contributed by atoms with Crippen LogP contribution in [0.3, 0.4) is 0 Å². The third-order valence-corrected chi connectivity index (χ3v) is 5.76. The summed E-state index contributed by atoms with van der Waals surface area (Å²) in [5.41, 5.74) is 4.90. The van der Waals surface area contributed by atoms with Crippen LogP contribution in [0, 0.1) is 6.92 Å². The fourth-order valence-corrected chi connectivity index (χ4v) is 3.96. The number of aromatic nitrogens is 4. The highest BCUT2D eigenvalue weighted by atomic mass is 16.7. The molecule has 0 saturated carbocycles. The van der Waals surface area contributed by atoms with E-state index in [0.29, 0.717) is 41.1 Å². The predicted molar refractivity (Wildman–Crippen MR) is 136 cm³/mol. The highest BCUT2D eigenvalue weighted by Crippen LogP contribution is 2.35. The van der Waals surface area contributed by atoms with Crippen molar-refractivity contribution in [1.82, 2.24) is 19.7 Å². The van der Waals surface area contributed by atoms with Gasteiger partial charge in [-0.3, -0.25) is 0 Å². The number of urea groups is 1. The molecule has 2 amide bonds. The Morgan fingerprint density at radius 1 is 0.973 bits per heavy atom. The summed E-state index contributed by atoms with van der Waals surface area (Å²) in [4.78, 5) is 21.2. The zero-order chi connectivity index (χ0) is 25.2. The van der Waals surface area contributed by atoms with Gasteiger partial charge >= 0.3 is 6.03 Å². The highest BCUT2D eigenvalue weighted by Gasteiger charge is 2.18. The lowest BCUT2D eigenvalue weighted by Crippen LogP contribution is -2.19. The zero-order valence-corrected chi connectivity index (χ0v) is 19.8. The molecule has 2 N–H and O–H groups in total. The van der Waals surface area contributed by atoms with E-state index in [2.05, 4.69) is 25.8 Å². The van der Waals surface area contributed by atoms with E-state index < -0.39 is 0 Å². The number of nitrogens with zero attached hydrogens (tertiary/aromatic N) is 4. The Balaban J connectivity index is 1.08. The second-order valence-electron chi connectivity index (χ2n) is 8.57. The molecular weight excluding hydrogens is 472 g/mol. The summed E-state index contributed by atoms with van der Waals surface area (Å²) in [5, 5.41) is 9.75. The molecule has 5 aromatic rings. The number of ether oxygens (including phenoxy) is 2. The van der Waals surface area contributed by atoms with Gasteiger partial charge in [-0.15, -0.1) is 0 Å². The van der Waals surface area contributed by atoms with Crippen LogP contribution < -0.4 is 20.1 Å². The van der Waals surface area contributed by atoms with Crippen LogP contribution in [0.5, 0.6) is 11.5 Å². The minimum absolute atomic E-state index is 0.205. The molecule has 0 bridgehead atoms. The van der Waals surface area contributed by atoms with Crippen molar-refractivity contribution in [2.75, 3.05) is 17.4 Å². The van der Waals surface area contributed by atoms with Crippen molar-refractivity contribution in [3.8, 4) is 34.5 Å². The number of rotatable bonds is 6. The van der Waals surface area contributed by atoms with E-state index in [4.69, 9.17) is 14.0 Å². The lowest BCUT2D eigenvalue weighted by Gasteiger charge is -2.09. The Morgan fingerprint density at radius 2 is 1.81 bits per heavy atom. The molecule has 0 unspecified atom stereocenters. The van der Waals surface area contributed by atoms with E-state index in [1.807, 2.05) is 84.4 Å². The molecule has 10 heteroatoms. The number of carbonyl (C=O) groups excluding carboxylic acids is 1. The number of hydrogen-bond acceptors (Lipinski definition) is 7. The van der Waals surface area contributed by atoms with Crippen LogP contribution in [0.2, 0.25) is 0 Å². The van der Waals surface area contributed by atoms with Crippen molar-refractivity contribution in [3.63, 3.8) is 0 Å².